The van der Waals surface area contributed by atoms with Crippen LogP contribution in [0.1, 0.15) is 6.23 Å². The molecule has 1 saturated heterocycles. The van der Waals surface area contributed by atoms with E-state index in [9.17, 15) is 15.0 Å². The van der Waals surface area contributed by atoms with Gasteiger partial charge in [0.2, 0.25) is 0 Å². The van der Waals surface area contributed by atoms with E-state index in [1.807, 2.05) is 0 Å². The molecule has 24 heavy (non-hydrogen) atoms. The number of aromatic nitrogens is 2. The molecule has 1 aromatic heterocycles. The van der Waals surface area contributed by atoms with Crippen molar-refractivity contribution in [2.24, 2.45) is 4.99 Å². The molecule has 0 saturated carbocycles. The summed E-state index contributed by atoms with van der Waals surface area (Å²) in [5.41, 5.74) is 0.138. The Hall–Kier alpha value is -1.16. The van der Waals surface area contributed by atoms with Gasteiger partial charge in [0.25, 0.3) is 0 Å². The average molecular weight is 406 g/mol. The Morgan fingerprint density at radius 2 is 2.08 bits per heavy atom. The van der Waals surface area contributed by atoms with Crippen LogP contribution in [0.4, 0.5) is 5.69 Å². The van der Waals surface area contributed by atoms with Crippen molar-refractivity contribution < 1.29 is 52.8 Å². The number of aliphatic hydroxyl groups is 3. The second kappa shape index (κ2) is 8.29. The molecule has 0 amide bonds. The minimum absolute atomic E-state index is 0. The van der Waals surface area contributed by atoms with Gasteiger partial charge in [-0.05, 0) is 5.49 Å². The number of H-pyrrole nitrogens is 1. The van der Waals surface area contributed by atoms with Gasteiger partial charge in [-0.2, -0.15) is 30.5 Å². The van der Waals surface area contributed by atoms with Gasteiger partial charge in [0.05, 0.1) is 6.61 Å². The van der Waals surface area contributed by atoms with Crippen LogP contribution >= 0.6 is 0 Å². The third kappa shape index (κ3) is 3.91. The first kappa shape index (κ1) is 19.2. The molecule has 125 valence electrons. The number of benzene rings is 1. The topological polar surface area (TPSA) is 120 Å². The van der Waals surface area contributed by atoms with E-state index in [0.29, 0.717) is 5.69 Å². The monoisotopic (exact) mass is 406 g/mol. The fraction of sp³-hybridized carbons (Fsp3) is 0.333. The number of hydrogen-bond acceptors (Lipinski definition) is 6. The standard InChI is InChI=1S/C15H15N3O5.Y/c19-8-10-12(20)13(21)14(23-10)18-7-6-11(17-15(18)22)16-9-4-2-1-3-5-9;/h1-4,7,10,12-14,19-21H,8H2,(H,16,17,22);/q-2;/t10-,12?,13+,14-;/m1./s1. The minimum atomic E-state index is -1.34. The summed E-state index contributed by atoms with van der Waals surface area (Å²) in [5, 5.41) is 28.8. The number of para-hydroxylation sites is 1. The molecule has 2 heterocycles. The molecule has 4 N–H and O–H groups in total. The van der Waals surface area contributed by atoms with E-state index < -0.39 is 36.8 Å². The van der Waals surface area contributed by atoms with Crippen LogP contribution in [0.25, 0.3) is 0 Å². The molecule has 0 bridgehead atoms. The van der Waals surface area contributed by atoms with E-state index in [4.69, 9.17) is 9.84 Å². The van der Waals surface area contributed by atoms with E-state index in [1.165, 1.54) is 6.20 Å². The smallest absolute Gasteiger partial charge is 0.324 e. The van der Waals surface area contributed by atoms with E-state index in [0.717, 1.165) is 4.57 Å². The zero-order valence-electron chi connectivity index (χ0n) is 12.5. The molecular weight excluding hydrogens is 391 g/mol. The number of nitrogens with one attached hydrogen (secondary N) is 1. The maximum atomic E-state index is 12.1. The molecule has 2 aromatic rings. The Kier molecular flexibility index (Phi) is 6.62. The van der Waals surface area contributed by atoms with Gasteiger partial charge in [-0.1, -0.05) is 5.69 Å². The van der Waals surface area contributed by atoms with Gasteiger partial charge in [-0.25, -0.2) is 4.79 Å². The van der Waals surface area contributed by atoms with E-state index in [1.54, 1.807) is 24.3 Å². The number of hydrogen-bond donors (Lipinski definition) is 4. The van der Waals surface area contributed by atoms with E-state index >= 15 is 0 Å². The van der Waals surface area contributed by atoms with Gasteiger partial charge in [-0.3, -0.25) is 4.99 Å². The number of aromatic amines is 1. The van der Waals surface area contributed by atoms with Crippen LogP contribution < -0.4 is 11.2 Å². The minimum Gasteiger partial charge on any atom is -0.410 e. The summed E-state index contributed by atoms with van der Waals surface area (Å²) in [7, 11) is 0. The Morgan fingerprint density at radius 3 is 2.67 bits per heavy atom. The van der Waals surface area contributed by atoms with Crippen LogP contribution in [0.5, 0.6) is 0 Å². The summed E-state index contributed by atoms with van der Waals surface area (Å²) in [6, 6.07) is 12.6. The maximum Gasteiger partial charge on any atom is 0.324 e. The third-order valence-corrected chi connectivity index (χ3v) is 3.52. The number of nitrogens with zero attached hydrogens (tertiary/aromatic N) is 2. The van der Waals surface area contributed by atoms with Crippen LogP contribution in [-0.2, 0) is 37.4 Å². The molecule has 3 rings (SSSR count). The Balaban J connectivity index is 0.00000208. The van der Waals surface area contributed by atoms with Crippen LogP contribution in [0.3, 0.4) is 0 Å². The molecule has 0 aliphatic carbocycles. The summed E-state index contributed by atoms with van der Waals surface area (Å²) in [4.78, 5) is 18.8. The maximum absolute atomic E-state index is 12.1. The zero-order chi connectivity index (χ0) is 16.4. The number of rotatable bonds is 3. The largest absolute Gasteiger partial charge is 0.410 e. The quantitative estimate of drug-likeness (QED) is 0.469. The fourth-order valence-corrected chi connectivity index (χ4v) is 2.32. The molecule has 1 aliphatic rings. The predicted molar refractivity (Wildman–Crippen MR) is 77.4 cm³/mol. The van der Waals surface area contributed by atoms with Crippen LogP contribution in [0.15, 0.2) is 40.2 Å². The Morgan fingerprint density at radius 1 is 1.29 bits per heavy atom. The van der Waals surface area contributed by atoms with Gasteiger partial charge in [0.15, 0.2) is 6.23 Å². The fourth-order valence-electron chi connectivity index (χ4n) is 2.32. The van der Waals surface area contributed by atoms with Crippen LogP contribution in [0, 0.1) is 12.1 Å². The summed E-state index contributed by atoms with van der Waals surface area (Å²) in [6.07, 6.45) is -3.40. The first-order valence-electron chi connectivity index (χ1n) is 6.97. The van der Waals surface area contributed by atoms with Crippen LogP contribution in [-0.4, -0.2) is 49.8 Å². The average Bonchev–Trinajstić information content (AvgIpc) is 2.84. The summed E-state index contributed by atoms with van der Waals surface area (Å²) in [6.45, 7) is -0.464. The first-order valence-corrected chi connectivity index (χ1v) is 6.97. The second-order valence-corrected chi connectivity index (χ2v) is 5.05. The van der Waals surface area contributed by atoms with Crippen molar-refractivity contribution >= 4 is 5.69 Å². The molecule has 1 aromatic carbocycles. The predicted octanol–water partition coefficient (Wildman–Crippen LogP) is -1.38. The summed E-state index contributed by atoms with van der Waals surface area (Å²) < 4.78 is 6.35. The van der Waals surface area contributed by atoms with Gasteiger partial charge >= 0.3 is 5.69 Å². The van der Waals surface area contributed by atoms with Crippen molar-refractivity contribution in [3.05, 3.63) is 58.6 Å². The Labute approximate surface area is 162 Å². The molecular formula is C15H15N3O5Y-2. The molecule has 1 fully saturated rings. The zero-order valence-corrected chi connectivity index (χ0v) is 15.4. The van der Waals surface area contributed by atoms with Gasteiger partial charge in [0.1, 0.15) is 18.3 Å². The molecule has 9 heteroatoms. The first-order chi connectivity index (χ1) is 11.1. The van der Waals surface area contributed by atoms with Crippen molar-refractivity contribution in [3.63, 3.8) is 0 Å². The number of aliphatic hydroxyl groups excluding tert-OH is 3. The summed E-state index contributed by atoms with van der Waals surface area (Å²) in [5.74, 6) is 0. The van der Waals surface area contributed by atoms with Gasteiger partial charge < -0.3 is 35.7 Å². The van der Waals surface area contributed by atoms with Gasteiger partial charge in [-0.15, -0.1) is 6.07 Å². The number of ether oxygens (including phenoxy) is 1. The van der Waals surface area contributed by atoms with Crippen molar-refractivity contribution in [1.82, 2.24) is 9.55 Å². The molecule has 0 spiro atoms. The van der Waals surface area contributed by atoms with Crippen molar-refractivity contribution in [3.8, 4) is 0 Å². The van der Waals surface area contributed by atoms with Gasteiger partial charge in [0, 0.05) is 32.7 Å². The van der Waals surface area contributed by atoms with Crippen LogP contribution in [0.2, 0.25) is 0 Å². The SMILES string of the molecule is O=c1[nH]c(=Nc2[c-]cccc2)[c-]cn1[C@@H]1O[C@H](CO)C(O)[C@@H]1O.[Y]. The summed E-state index contributed by atoms with van der Waals surface area (Å²) >= 11 is 0. The van der Waals surface area contributed by atoms with Crippen molar-refractivity contribution in [2.45, 2.75) is 24.5 Å². The third-order valence-electron chi connectivity index (χ3n) is 3.52. The van der Waals surface area contributed by atoms with E-state index in [2.05, 4.69) is 22.1 Å². The van der Waals surface area contributed by atoms with E-state index in [-0.39, 0.29) is 38.2 Å². The molecule has 1 radical (unpaired) electrons. The molecule has 1 unspecified atom stereocenters. The normalized spacial score (nSPS) is 27.0. The Bertz CT molecular complexity index is 791. The van der Waals surface area contributed by atoms with Crippen molar-refractivity contribution in [1.29, 1.82) is 0 Å². The van der Waals surface area contributed by atoms with Crippen molar-refractivity contribution in [2.75, 3.05) is 6.61 Å². The molecule has 4 atom stereocenters. The molecule has 1 aliphatic heterocycles. The molecule has 8 nitrogen and oxygen atoms in total. The second-order valence-electron chi connectivity index (χ2n) is 5.05.